The number of nitrogens with zero attached hydrogens (tertiary/aromatic N) is 5. The summed E-state index contributed by atoms with van der Waals surface area (Å²) in [4.78, 5) is 17.0. The lowest BCUT2D eigenvalue weighted by atomic mass is 9.92. The molecule has 0 saturated carbocycles. The zero-order valence-corrected chi connectivity index (χ0v) is 22.4. The van der Waals surface area contributed by atoms with E-state index in [1.54, 1.807) is 47.0 Å². The monoisotopic (exact) mass is 543 g/mol. The smallest absolute Gasteiger partial charge is 0.362 e. The van der Waals surface area contributed by atoms with E-state index in [2.05, 4.69) is 5.10 Å². The van der Waals surface area contributed by atoms with Crippen molar-refractivity contribution in [1.82, 2.24) is 14.7 Å². The highest BCUT2D eigenvalue weighted by molar-refractivity contribution is 6.32. The van der Waals surface area contributed by atoms with Crippen molar-refractivity contribution in [2.75, 3.05) is 18.0 Å². The number of likely N-dealkylation sites (tertiary alicyclic amines) is 1. The minimum absolute atomic E-state index is 0.0372. The Morgan fingerprint density at radius 1 is 1.18 bits per heavy atom. The lowest BCUT2D eigenvalue weighted by molar-refractivity contribution is -0.138. The highest BCUT2D eigenvalue weighted by Gasteiger charge is 2.36. The normalized spacial score (nSPS) is 16.0. The van der Waals surface area contributed by atoms with E-state index < -0.39 is 11.7 Å². The molecule has 1 atom stereocenters. The molecule has 0 aliphatic carbocycles. The number of aryl methyl sites for hydroxylation is 1. The molecule has 10 heteroatoms. The van der Waals surface area contributed by atoms with E-state index in [1.807, 2.05) is 31.7 Å². The predicted octanol–water partition coefficient (Wildman–Crippen LogP) is 6.18. The zero-order chi connectivity index (χ0) is 27.8. The Labute approximate surface area is 225 Å². The predicted molar refractivity (Wildman–Crippen MR) is 140 cm³/mol. The fourth-order valence-corrected chi connectivity index (χ4v) is 4.92. The maximum Gasteiger partial charge on any atom is 0.416 e. The van der Waals surface area contributed by atoms with Crippen molar-refractivity contribution in [3.63, 3.8) is 0 Å². The topological polar surface area (TPSA) is 65.2 Å². The van der Waals surface area contributed by atoms with Gasteiger partial charge in [-0.3, -0.25) is 9.48 Å². The molecule has 1 aliphatic rings. The first-order valence-electron chi connectivity index (χ1n) is 12.2. The van der Waals surface area contributed by atoms with Crippen LogP contribution in [0.15, 0.2) is 48.5 Å². The molecule has 0 spiro atoms. The second-order valence-corrected chi connectivity index (χ2v) is 10.9. The summed E-state index contributed by atoms with van der Waals surface area (Å²) in [5, 5.41) is 14.0. The van der Waals surface area contributed by atoms with Crippen LogP contribution in [-0.4, -0.2) is 39.7 Å². The summed E-state index contributed by atoms with van der Waals surface area (Å²) in [5.41, 5.74) is 1.32. The average Bonchev–Trinajstić information content (AvgIpc) is 3.49. The molecule has 0 bridgehead atoms. The van der Waals surface area contributed by atoms with Crippen LogP contribution in [0.2, 0.25) is 5.02 Å². The van der Waals surface area contributed by atoms with Crippen molar-refractivity contribution in [2.45, 2.75) is 51.4 Å². The summed E-state index contributed by atoms with van der Waals surface area (Å²) < 4.78 is 42.9. The van der Waals surface area contributed by atoms with Crippen LogP contribution < -0.4 is 4.90 Å². The number of benzene rings is 2. The molecule has 2 aromatic carbocycles. The van der Waals surface area contributed by atoms with Crippen LogP contribution in [0.4, 0.5) is 18.9 Å². The van der Waals surface area contributed by atoms with Gasteiger partial charge in [-0.25, -0.2) is 0 Å². The second-order valence-electron chi connectivity index (χ2n) is 10.5. The van der Waals surface area contributed by atoms with Gasteiger partial charge in [0.05, 0.1) is 21.8 Å². The fraction of sp³-hybridized carbons (Fsp3) is 0.393. The number of carbonyl (C=O) groups excluding carboxylic acids is 1. The van der Waals surface area contributed by atoms with Crippen molar-refractivity contribution < 1.29 is 18.0 Å². The van der Waals surface area contributed by atoms with Crippen molar-refractivity contribution in [2.24, 2.45) is 7.05 Å². The summed E-state index contributed by atoms with van der Waals surface area (Å²) in [5.74, 6) is -0.175. The van der Waals surface area contributed by atoms with E-state index in [1.165, 1.54) is 12.1 Å². The SMILES string of the molecule is Cn1nc(C(C)(C)C)cc1C(=O)N1CC[C@H](N(Cc2ccccc2C(F)(F)F)c2ccc(C#N)c(Cl)c2)C1. The number of halogens is 4. The van der Waals surface area contributed by atoms with Gasteiger partial charge in [-0.2, -0.15) is 23.5 Å². The summed E-state index contributed by atoms with van der Waals surface area (Å²) in [7, 11) is 1.73. The van der Waals surface area contributed by atoms with Crippen molar-refractivity contribution in [3.8, 4) is 6.07 Å². The Balaban J connectivity index is 1.66. The fourth-order valence-electron chi connectivity index (χ4n) is 4.70. The number of anilines is 1. The van der Waals surface area contributed by atoms with E-state index in [9.17, 15) is 23.2 Å². The summed E-state index contributed by atoms with van der Waals surface area (Å²) >= 11 is 6.30. The van der Waals surface area contributed by atoms with Crippen molar-refractivity contribution in [1.29, 1.82) is 5.26 Å². The third-order valence-corrected chi connectivity index (χ3v) is 7.14. The molecule has 0 radical (unpaired) electrons. The van der Waals surface area contributed by atoms with Crippen LogP contribution in [0.5, 0.6) is 0 Å². The Morgan fingerprint density at radius 3 is 2.50 bits per heavy atom. The molecule has 200 valence electrons. The third-order valence-electron chi connectivity index (χ3n) is 6.83. The molecule has 1 amide bonds. The molecule has 3 aromatic rings. The zero-order valence-electron chi connectivity index (χ0n) is 21.7. The largest absolute Gasteiger partial charge is 0.416 e. The summed E-state index contributed by atoms with van der Waals surface area (Å²) in [6.07, 6.45) is -3.95. The van der Waals surface area contributed by atoms with Gasteiger partial charge >= 0.3 is 6.18 Å². The van der Waals surface area contributed by atoms with Crippen LogP contribution in [-0.2, 0) is 25.2 Å². The molecule has 38 heavy (non-hydrogen) atoms. The minimum Gasteiger partial charge on any atom is -0.362 e. The van der Waals surface area contributed by atoms with Gasteiger partial charge in [0.15, 0.2) is 0 Å². The molecule has 4 rings (SSSR count). The van der Waals surface area contributed by atoms with Gasteiger partial charge in [0.25, 0.3) is 5.91 Å². The molecule has 1 aliphatic heterocycles. The second kappa shape index (κ2) is 10.3. The molecular formula is C28H29ClF3N5O. The molecule has 6 nitrogen and oxygen atoms in total. The number of alkyl halides is 3. The molecule has 1 saturated heterocycles. The Morgan fingerprint density at radius 2 is 1.89 bits per heavy atom. The Kier molecular flexibility index (Phi) is 7.48. The lowest BCUT2D eigenvalue weighted by Crippen LogP contribution is -2.39. The van der Waals surface area contributed by atoms with Crippen LogP contribution in [0, 0.1) is 11.3 Å². The lowest BCUT2D eigenvalue weighted by Gasteiger charge is -2.32. The first-order valence-corrected chi connectivity index (χ1v) is 12.6. The molecule has 1 fully saturated rings. The van der Waals surface area contributed by atoms with E-state index in [-0.39, 0.29) is 40.1 Å². The Bertz CT molecular complexity index is 1390. The Hall–Kier alpha value is -3.51. The van der Waals surface area contributed by atoms with E-state index in [0.717, 1.165) is 11.8 Å². The van der Waals surface area contributed by atoms with Crippen molar-refractivity contribution >= 4 is 23.2 Å². The van der Waals surface area contributed by atoms with Crippen LogP contribution in [0.1, 0.15) is 60.1 Å². The number of amides is 1. The number of aromatic nitrogens is 2. The summed E-state index contributed by atoms with van der Waals surface area (Å²) in [6.45, 7) is 6.80. The quantitative estimate of drug-likeness (QED) is 0.385. The standard InChI is InChI=1S/C28H29ClF3N5O/c1-27(2,3)25-14-24(35(4)34-25)26(38)36-12-11-21(17-36)37(20-10-9-18(15-33)23(29)13-20)16-19-7-5-6-8-22(19)28(30,31)32/h5-10,13-14,21H,11-12,16-17H2,1-4H3/t21-/m0/s1. The number of hydrogen-bond acceptors (Lipinski definition) is 4. The van der Waals surface area contributed by atoms with Gasteiger partial charge in [-0.05, 0) is 42.3 Å². The van der Waals surface area contributed by atoms with Crippen LogP contribution in [0.3, 0.4) is 0 Å². The van der Waals surface area contributed by atoms with Gasteiger partial charge < -0.3 is 9.80 Å². The number of hydrogen-bond donors (Lipinski definition) is 0. The van der Waals surface area contributed by atoms with Crippen LogP contribution in [0.25, 0.3) is 0 Å². The molecular weight excluding hydrogens is 515 g/mol. The minimum atomic E-state index is -4.51. The van der Waals surface area contributed by atoms with Crippen molar-refractivity contribution in [3.05, 3.63) is 81.6 Å². The van der Waals surface area contributed by atoms with E-state index in [0.29, 0.717) is 30.9 Å². The third kappa shape index (κ3) is 5.65. The van der Waals surface area contributed by atoms with E-state index >= 15 is 0 Å². The van der Waals surface area contributed by atoms with Gasteiger partial charge in [0, 0.05) is 43.8 Å². The highest BCUT2D eigenvalue weighted by Crippen LogP contribution is 2.35. The maximum absolute atomic E-state index is 13.8. The highest BCUT2D eigenvalue weighted by atomic mass is 35.5. The first kappa shape index (κ1) is 27.5. The maximum atomic E-state index is 13.8. The van der Waals surface area contributed by atoms with Gasteiger partial charge in [0.2, 0.25) is 0 Å². The average molecular weight is 544 g/mol. The number of rotatable bonds is 5. The van der Waals surface area contributed by atoms with Crippen LogP contribution >= 0.6 is 11.6 Å². The molecule has 0 unspecified atom stereocenters. The number of carbonyl (C=O) groups is 1. The molecule has 1 aromatic heterocycles. The summed E-state index contributed by atoms with van der Waals surface area (Å²) in [6, 6.07) is 13.8. The molecule has 0 N–H and O–H groups in total. The van der Waals surface area contributed by atoms with Gasteiger partial charge in [-0.15, -0.1) is 0 Å². The first-order chi connectivity index (χ1) is 17.8. The van der Waals surface area contributed by atoms with Gasteiger partial charge in [0.1, 0.15) is 11.8 Å². The molecule has 2 heterocycles. The van der Waals surface area contributed by atoms with Gasteiger partial charge in [-0.1, -0.05) is 50.6 Å². The van der Waals surface area contributed by atoms with E-state index in [4.69, 9.17) is 11.6 Å². The number of nitriles is 1.